The van der Waals surface area contributed by atoms with E-state index in [0.29, 0.717) is 4.90 Å². The van der Waals surface area contributed by atoms with Gasteiger partial charge in [0.15, 0.2) is 0 Å². The fraction of sp³-hybridized carbons (Fsp3) is 0.625. The summed E-state index contributed by atoms with van der Waals surface area (Å²) < 4.78 is 28.1. The molecule has 0 aliphatic rings. The number of rotatable bonds is 6. The maximum absolute atomic E-state index is 11.9. The minimum atomic E-state index is -2.70. The number of aliphatic carboxylic acids is 1. The number of hydrogen-bond acceptors (Lipinski definition) is 4. The summed E-state index contributed by atoms with van der Waals surface area (Å²) in [6, 6.07) is -1.01. The van der Waals surface area contributed by atoms with E-state index < -0.39 is 44.1 Å². The Bertz CT molecular complexity index is 298. The van der Waals surface area contributed by atoms with E-state index in [9.17, 15) is 23.2 Å². The molecular formula is C8H12F2N2O5. The topological polar surface area (TPSA) is 95.9 Å². The van der Waals surface area contributed by atoms with Gasteiger partial charge in [0.2, 0.25) is 0 Å². The largest absolute Gasteiger partial charge is 0.480 e. The number of carboxylic acid groups (broad SMARTS) is 1. The van der Waals surface area contributed by atoms with Gasteiger partial charge in [0, 0.05) is 7.05 Å². The van der Waals surface area contributed by atoms with Crippen molar-refractivity contribution in [3.05, 3.63) is 0 Å². The van der Waals surface area contributed by atoms with E-state index in [1.807, 2.05) is 0 Å². The Morgan fingerprint density at radius 2 is 1.94 bits per heavy atom. The zero-order valence-electron chi connectivity index (χ0n) is 8.98. The normalized spacial score (nSPS) is 10.1. The van der Waals surface area contributed by atoms with Crippen LogP contribution in [-0.2, 0) is 14.3 Å². The number of urea groups is 1. The van der Waals surface area contributed by atoms with Gasteiger partial charge in [0.25, 0.3) is 12.3 Å². The molecule has 0 rings (SSSR count). The number of carboxylic acids is 1. The zero-order chi connectivity index (χ0) is 13.4. The smallest absolute Gasteiger partial charge is 0.329 e. The highest BCUT2D eigenvalue weighted by atomic mass is 19.3. The highest BCUT2D eigenvalue weighted by molar-refractivity contribution is 5.94. The predicted molar refractivity (Wildman–Crippen MR) is 50.6 cm³/mol. The quantitative estimate of drug-likeness (QED) is 0.667. The number of nitrogens with zero attached hydrogens (tertiary/aromatic N) is 1. The molecule has 0 bridgehead atoms. The molecule has 0 aliphatic heterocycles. The lowest BCUT2D eigenvalue weighted by atomic mass is 10.5. The van der Waals surface area contributed by atoms with Gasteiger partial charge in [-0.2, -0.15) is 0 Å². The second kappa shape index (κ2) is 7.49. The number of imide groups is 1. The van der Waals surface area contributed by atoms with Crippen LogP contribution in [0.25, 0.3) is 0 Å². The molecule has 0 unspecified atom stereocenters. The van der Waals surface area contributed by atoms with E-state index in [2.05, 4.69) is 4.74 Å². The van der Waals surface area contributed by atoms with Crippen LogP contribution >= 0.6 is 0 Å². The van der Waals surface area contributed by atoms with Crippen molar-refractivity contribution in [3.63, 3.8) is 0 Å². The summed E-state index contributed by atoms with van der Waals surface area (Å²) in [6.45, 7) is -2.13. The second-order valence-electron chi connectivity index (χ2n) is 3.01. The van der Waals surface area contributed by atoms with Crippen molar-refractivity contribution in [1.29, 1.82) is 0 Å². The molecule has 0 aromatic rings. The zero-order valence-corrected chi connectivity index (χ0v) is 8.98. The van der Waals surface area contributed by atoms with Crippen LogP contribution in [-0.4, -0.2) is 61.1 Å². The van der Waals surface area contributed by atoms with E-state index in [-0.39, 0.29) is 0 Å². The van der Waals surface area contributed by atoms with Crippen LogP contribution in [0.15, 0.2) is 0 Å². The summed E-state index contributed by atoms with van der Waals surface area (Å²) >= 11 is 0. The second-order valence-corrected chi connectivity index (χ2v) is 3.01. The maximum atomic E-state index is 11.9. The van der Waals surface area contributed by atoms with Gasteiger partial charge in [0.1, 0.15) is 13.2 Å². The van der Waals surface area contributed by atoms with Crippen molar-refractivity contribution in [1.82, 2.24) is 10.2 Å². The first-order valence-electron chi connectivity index (χ1n) is 4.45. The lowest BCUT2D eigenvalue weighted by Gasteiger charge is -2.16. The SMILES string of the molecule is CN(CC(F)F)C(=O)NC(=O)COCC(=O)O. The fourth-order valence-electron chi connectivity index (χ4n) is 0.772. The van der Waals surface area contributed by atoms with Gasteiger partial charge in [0.05, 0.1) is 6.54 Å². The molecule has 0 aromatic heterocycles. The first-order chi connectivity index (χ1) is 7.82. The average molecular weight is 254 g/mol. The van der Waals surface area contributed by atoms with Gasteiger partial charge >= 0.3 is 12.0 Å². The molecule has 0 atom stereocenters. The van der Waals surface area contributed by atoms with Gasteiger partial charge in [-0.05, 0) is 0 Å². The maximum Gasteiger partial charge on any atom is 0.329 e. The summed E-state index contributed by atoms with van der Waals surface area (Å²) in [6.07, 6.45) is -2.70. The van der Waals surface area contributed by atoms with Gasteiger partial charge in [-0.1, -0.05) is 0 Å². The van der Waals surface area contributed by atoms with Crippen LogP contribution in [0.5, 0.6) is 0 Å². The number of ether oxygens (including phenoxy) is 1. The fourth-order valence-corrected chi connectivity index (χ4v) is 0.772. The summed E-state index contributed by atoms with van der Waals surface area (Å²) in [5.41, 5.74) is 0. The van der Waals surface area contributed by atoms with Crippen molar-refractivity contribution in [3.8, 4) is 0 Å². The van der Waals surface area contributed by atoms with Crippen molar-refractivity contribution in [2.45, 2.75) is 6.43 Å². The molecule has 9 heteroatoms. The molecule has 0 aliphatic carbocycles. The predicted octanol–water partition coefficient (Wildman–Crippen LogP) is -0.479. The van der Waals surface area contributed by atoms with E-state index in [4.69, 9.17) is 5.11 Å². The van der Waals surface area contributed by atoms with Crippen LogP contribution in [0.1, 0.15) is 0 Å². The molecule has 0 radical (unpaired) electrons. The number of alkyl halides is 2. The molecule has 3 amide bonds. The molecule has 0 heterocycles. The Labute approximate surface area is 95.3 Å². The molecule has 2 N–H and O–H groups in total. The molecule has 0 saturated heterocycles. The van der Waals surface area contributed by atoms with Gasteiger partial charge < -0.3 is 14.7 Å². The van der Waals surface area contributed by atoms with Crippen molar-refractivity contribution < 1.29 is 33.0 Å². The summed E-state index contributed by atoms with van der Waals surface area (Å²) in [5.74, 6) is -2.17. The Morgan fingerprint density at radius 3 is 2.41 bits per heavy atom. The third-order valence-corrected chi connectivity index (χ3v) is 1.46. The highest BCUT2D eigenvalue weighted by Gasteiger charge is 2.16. The Balaban J connectivity index is 3.87. The third kappa shape index (κ3) is 8.08. The molecule has 7 nitrogen and oxygen atoms in total. The first kappa shape index (κ1) is 15.2. The third-order valence-electron chi connectivity index (χ3n) is 1.46. The molecule has 0 spiro atoms. The van der Waals surface area contributed by atoms with Crippen LogP contribution in [0.3, 0.4) is 0 Å². The van der Waals surface area contributed by atoms with Gasteiger partial charge in [-0.3, -0.25) is 10.1 Å². The van der Waals surface area contributed by atoms with Crippen LogP contribution in [0, 0.1) is 0 Å². The highest BCUT2D eigenvalue weighted by Crippen LogP contribution is 1.95. The van der Waals surface area contributed by atoms with Crippen molar-refractivity contribution >= 4 is 17.9 Å². The summed E-state index contributed by atoms with van der Waals surface area (Å²) in [4.78, 5) is 32.7. The van der Waals surface area contributed by atoms with E-state index in [1.165, 1.54) is 0 Å². The van der Waals surface area contributed by atoms with Crippen molar-refractivity contribution in [2.75, 3.05) is 26.8 Å². The van der Waals surface area contributed by atoms with Crippen LogP contribution in [0.2, 0.25) is 0 Å². The van der Waals surface area contributed by atoms with Crippen LogP contribution in [0.4, 0.5) is 13.6 Å². The number of carbonyl (C=O) groups is 3. The standard InChI is InChI=1S/C8H12F2N2O5/c1-12(2-5(9)10)8(16)11-6(13)3-17-4-7(14)15/h5H,2-4H2,1H3,(H,14,15)(H,11,13,16). The Kier molecular flexibility index (Phi) is 6.71. The van der Waals surface area contributed by atoms with E-state index >= 15 is 0 Å². The lowest BCUT2D eigenvalue weighted by Crippen LogP contribution is -2.44. The average Bonchev–Trinajstić information content (AvgIpc) is 2.15. The summed E-state index contributed by atoms with van der Waals surface area (Å²) in [5, 5.41) is 9.94. The molecule has 0 aromatic carbocycles. The molecule has 17 heavy (non-hydrogen) atoms. The number of halogens is 2. The number of hydrogen-bond donors (Lipinski definition) is 2. The van der Waals surface area contributed by atoms with Crippen LogP contribution < -0.4 is 5.32 Å². The monoisotopic (exact) mass is 254 g/mol. The number of amides is 3. The number of nitrogens with one attached hydrogen (secondary N) is 1. The van der Waals surface area contributed by atoms with E-state index in [1.54, 1.807) is 5.32 Å². The molecule has 0 fully saturated rings. The number of carbonyl (C=O) groups excluding carboxylic acids is 2. The minimum Gasteiger partial charge on any atom is -0.480 e. The Morgan fingerprint density at radius 1 is 1.35 bits per heavy atom. The van der Waals surface area contributed by atoms with Gasteiger partial charge in [-0.15, -0.1) is 0 Å². The summed E-state index contributed by atoms with van der Waals surface area (Å²) in [7, 11) is 1.09. The van der Waals surface area contributed by atoms with Gasteiger partial charge in [-0.25, -0.2) is 18.4 Å². The molecule has 0 saturated carbocycles. The van der Waals surface area contributed by atoms with Crippen molar-refractivity contribution in [2.24, 2.45) is 0 Å². The van der Waals surface area contributed by atoms with E-state index in [0.717, 1.165) is 7.05 Å². The minimum absolute atomic E-state index is 0.625. The lowest BCUT2D eigenvalue weighted by molar-refractivity contribution is -0.143. The Hall–Kier alpha value is -1.77. The first-order valence-corrected chi connectivity index (χ1v) is 4.45. The molecule has 98 valence electrons. The molecular weight excluding hydrogens is 242 g/mol.